The summed E-state index contributed by atoms with van der Waals surface area (Å²) in [7, 11) is 0. The van der Waals surface area contributed by atoms with Crippen LogP contribution in [0.5, 0.6) is 0 Å². The Bertz CT molecular complexity index is 666. The van der Waals surface area contributed by atoms with Crippen molar-refractivity contribution in [2.24, 2.45) is 0 Å². The van der Waals surface area contributed by atoms with Gasteiger partial charge in [0.2, 0.25) is 0 Å². The van der Waals surface area contributed by atoms with Gasteiger partial charge in [-0.05, 0) is 29.5 Å². The van der Waals surface area contributed by atoms with Crippen molar-refractivity contribution in [1.29, 1.82) is 5.26 Å². The summed E-state index contributed by atoms with van der Waals surface area (Å²) in [6.45, 7) is 8.64. The maximum atomic E-state index is 9.08. The van der Waals surface area contributed by atoms with E-state index in [1.165, 1.54) is 22.9 Å². The third-order valence-corrected chi connectivity index (χ3v) is 4.18. The molecule has 0 saturated carbocycles. The molecule has 2 aromatic rings. The molecule has 0 fully saturated rings. The van der Waals surface area contributed by atoms with E-state index in [0.29, 0.717) is 10.7 Å². The van der Waals surface area contributed by atoms with Gasteiger partial charge in [-0.15, -0.1) is 0 Å². The Morgan fingerprint density at radius 3 is 2.50 bits per heavy atom. The zero-order chi connectivity index (χ0) is 14.8. The van der Waals surface area contributed by atoms with Crippen molar-refractivity contribution in [2.45, 2.75) is 43.0 Å². The molecule has 0 unspecified atom stereocenters. The van der Waals surface area contributed by atoms with Crippen LogP contribution in [0.3, 0.4) is 0 Å². The molecule has 3 nitrogen and oxygen atoms in total. The number of rotatable bonds is 2. The third kappa shape index (κ3) is 3.17. The second kappa shape index (κ2) is 5.64. The van der Waals surface area contributed by atoms with Crippen molar-refractivity contribution in [2.75, 3.05) is 0 Å². The SMILES string of the molecule is Cc1ccc(C(C)(C)C)cc1Sc1nccnc1C#N. The fourth-order valence-corrected chi connectivity index (χ4v) is 2.69. The Kier molecular flexibility index (Phi) is 4.10. The average Bonchev–Trinajstić information content (AvgIpc) is 2.40. The topological polar surface area (TPSA) is 49.6 Å². The highest BCUT2D eigenvalue weighted by molar-refractivity contribution is 7.99. The average molecular weight is 283 g/mol. The van der Waals surface area contributed by atoms with E-state index in [1.807, 2.05) is 0 Å². The van der Waals surface area contributed by atoms with Crippen molar-refractivity contribution in [3.05, 3.63) is 47.4 Å². The normalized spacial score (nSPS) is 11.2. The van der Waals surface area contributed by atoms with Crippen LogP contribution in [0, 0.1) is 18.3 Å². The van der Waals surface area contributed by atoms with Gasteiger partial charge in [-0.3, -0.25) is 0 Å². The number of hydrogen-bond donors (Lipinski definition) is 0. The van der Waals surface area contributed by atoms with Gasteiger partial charge in [0.1, 0.15) is 11.1 Å². The van der Waals surface area contributed by atoms with Gasteiger partial charge in [-0.1, -0.05) is 44.7 Å². The summed E-state index contributed by atoms with van der Waals surface area (Å²) < 4.78 is 0. The van der Waals surface area contributed by atoms with E-state index < -0.39 is 0 Å². The van der Waals surface area contributed by atoms with E-state index in [0.717, 1.165) is 4.90 Å². The van der Waals surface area contributed by atoms with Gasteiger partial charge in [0, 0.05) is 17.3 Å². The fraction of sp³-hybridized carbons (Fsp3) is 0.312. The van der Waals surface area contributed by atoms with Crippen molar-refractivity contribution in [3.8, 4) is 6.07 Å². The molecule has 0 atom stereocenters. The van der Waals surface area contributed by atoms with Crippen LogP contribution >= 0.6 is 11.8 Å². The lowest BCUT2D eigenvalue weighted by atomic mass is 9.87. The zero-order valence-corrected chi connectivity index (χ0v) is 13.0. The Hall–Kier alpha value is -1.86. The standard InChI is InChI=1S/C16H17N3S/c1-11-5-6-12(16(2,3)4)9-14(11)20-15-13(10-17)18-7-8-19-15/h5-9H,1-4H3. The van der Waals surface area contributed by atoms with E-state index in [1.54, 1.807) is 12.4 Å². The second-order valence-electron chi connectivity index (χ2n) is 5.65. The van der Waals surface area contributed by atoms with Crippen molar-refractivity contribution >= 4 is 11.8 Å². The van der Waals surface area contributed by atoms with Gasteiger partial charge in [0.25, 0.3) is 0 Å². The van der Waals surface area contributed by atoms with E-state index in [-0.39, 0.29) is 5.41 Å². The van der Waals surface area contributed by atoms with E-state index >= 15 is 0 Å². The predicted molar refractivity (Wildman–Crippen MR) is 80.7 cm³/mol. The van der Waals surface area contributed by atoms with Crippen LogP contribution in [-0.4, -0.2) is 9.97 Å². The van der Waals surface area contributed by atoms with Crippen LogP contribution in [0.4, 0.5) is 0 Å². The molecule has 0 aliphatic heterocycles. The van der Waals surface area contributed by atoms with Crippen molar-refractivity contribution < 1.29 is 0 Å². The van der Waals surface area contributed by atoms with Crippen LogP contribution in [0.25, 0.3) is 0 Å². The highest BCUT2D eigenvalue weighted by Crippen LogP contribution is 2.33. The largest absolute Gasteiger partial charge is 0.245 e. The molecule has 0 saturated heterocycles. The molecule has 1 aromatic heterocycles. The molecule has 102 valence electrons. The maximum absolute atomic E-state index is 9.08. The monoisotopic (exact) mass is 283 g/mol. The summed E-state index contributed by atoms with van der Waals surface area (Å²) in [6, 6.07) is 8.53. The second-order valence-corrected chi connectivity index (χ2v) is 6.68. The number of aromatic nitrogens is 2. The molecule has 0 amide bonds. The zero-order valence-electron chi connectivity index (χ0n) is 12.1. The third-order valence-electron chi connectivity index (χ3n) is 3.03. The van der Waals surface area contributed by atoms with Gasteiger partial charge in [-0.25, -0.2) is 9.97 Å². The fourth-order valence-electron chi connectivity index (χ4n) is 1.76. The van der Waals surface area contributed by atoms with Crippen LogP contribution in [-0.2, 0) is 5.41 Å². The van der Waals surface area contributed by atoms with Crippen LogP contribution < -0.4 is 0 Å². The summed E-state index contributed by atoms with van der Waals surface area (Å²) in [6.07, 6.45) is 3.16. The Balaban J connectivity index is 2.41. The summed E-state index contributed by atoms with van der Waals surface area (Å²) in [5.74, 6) is 0. The number of aryl methyl sites for hydroxylation is 1. The molecule has 2 rings (SSSR count). The first-order valence-electron chi connectivity index (χ1n) is 6.42. The summed E-state index contributed by atoms with van der Waals surface area (Å²) in [5.41, 5.74) is 2.92. The summed E-state index contributed by atoms with van der Waals surface area (Å²) in [4.78, 5) is 9.43. The molecular formula is C16H17N3S. The first kappa shape index (κ1) is 14.5. The lowest BCUT2D eigenvalue weighted by Crippen LogP contribution is -2.11. The first-order chi connectivity index (χ1) is 9.41. The number of nitriles is 1. The number of benzene rings is 1. The van der Waals surface area contributed by atoms with Gasteiger partial charge < -0.3 is 0 Å². The van der Waals surface area contributed by atoms with Gasteiger partial charge >= 0.3 is 0 Å². The minimum absolute atomic E-state index is 0.101. The predicted octanol–water partition coefficient (Wildman–Crippen LogP) is 4.11. The molecule has 0 aliphatic rings. The maximum Gasteiger partial charge on any atom is 0.173 e. The summed E-state index contributed by atoms with van der Waals surface area (Å²) in [5, 5.41) is 9.74. The van der Waals surface area contributed by atoms with Crippen molar-refractivity contribution in [1.82, 2.24) is 9.97 Å². The minimum atomic E-state index is 0.101. The molecule has 4 heteroatoms. The molecule has 0 radical (unpaired) electrons. The lowest BCUT2D eigenvalue weighted by Gasteiger charge is -2.20. The highest BCUT2D eigenvalue weighted by atomic mass is 32.2. The highest BCUT2D eigenvalue weighted by Gasteiger charge is 2.16. The van der Waals surface area contributed by atoms with Crippen LogP contribution in [0.1, 0.15) is 37.6 Å². The quantitative estimate of drug-likeness (QED) is 0.832. The Morgan fingerprint density at radius 1 is 1.15 bits per heavy atom. The Labute approximate surface area is 124 Å². The van der Waals surface area contributed by atoms with Gasteiger partial charge in [0.15, 0.2) is 5.69 Å². The van der Waals surface area contributed by atoms with Crippen LogP contribution in [0.15, 0.2) is 40.5 Å². The number of nitrogens with zero attached hydrogens (tertiary/aromatic N) is 3. The smallest absolute Gasteiger partial charge is 0.173 e. The molecule has 0 aliphatic carbocycles. The molecule has 0 N–H and O–H groups in total. The molecule has 1 heterocycles. The lowest BCUT2D eigenvalue weighted by molar-refractivity contribution is 0.588. The molecule has 0 spiro atoms. The minimum Gasteiger partial charge on any atom is -0.245 e. The van der Waals surface area contributed by atoms with E-state index in [2.05, 4.69) is 61.9 Å². The molecule has 1 aromatic carbocycles. The first-order valence-corrected chi connectivity index (χ1v) is 7.23. The molecule has 0 bridgehead atoms. The summed E-state index contributed by atoms with van der Waals surface area (Å²) >= 11 is 1.50. The van der Waals surface area contributed by atoms with Crippen molar-refractivity contribution in [3.63, 3.8) is 0 Å². The van der Waals surface area contributed by atoms with E-state index in [9.17, 15) is 0 Å². The van der Waals surface area contributed by atoms with Crippen LogP contribution in [0.2, 0.25) is 0 Å². The molecular weight excluding hydrogens is 266 g/mol. The number of hydrogen-bond acceptors (Lipinski definition) is 4. The Morgan fingerprint density at radius 2 is 1.85 bits per heavy atom. The molecule has 20 heavy (non-hydrogen) atoms. The van der Waals surface area contributed by atoms with Gasteiger partial charge in [0.05, 0.1) is 0 Å². The van der Waals surface area contributed by atoms with Gasteiger partial charge in [-0.2, -0.15) is 5.26 Å². The van der Waals surface area contributed by atoms with E-state index in [4.69, 9.17) is 5.26 Å².